The summed E-state index contributed by atoms with van der Waals surface area (Å²) in [6.45, 7) is 7.93. The summed E-state index contributed by atoms with van der Waals surface area (Å²) in [6, 6.07) is 14.1. The van der Waals surface area contributed by atoms with E-state index in [0.717, 1.165) is 25.9 Å². The Labute approximate surface area is 183 Å². The molecule has 0 saturated carbocycles. The van der Waals surface area contributed by atoms with Gasteiger partial charge in [-0.3, -0.25) is 14.9 Å². The average molecular weight is 428 g/mol. The van der Waals surface area contributed by atoms with Gasteiger partial charge < -0.3 is 15.0 Å². The van der Waals surface area contributed by atoms with Gasteiger partial charge in [0.15, 0.2) is 5.11 Å². The fraction of sp³-hybridized carbons (Fsp3) is 0.348. The minimum absolute atomic E-state index is 0.0219. The monoisotopic (exact) mass is 427 g/mol. The zero-order valence-electron chi connectivity index (χ0n) is 17.7. The molecule has 2 N–H and O–H groups in total. The van der Waals surface area contributed by atoms with E-state index in [9.17, 15) is 9.59 Å². The molecule has 6 nitrogen and oxygen atoms in total. The molecule has 0 radical (unpaired) electrons. The number of thiocarbonyl (C=S) groups is 1. The van der Waals surface area contributed by atoms with Crippen LogP contribution in [0.1, 0.15) is 54.3 Å². The largest absolute Gasteiger partial charge is 0.493 e. The van der Waals surface area contributed by atoms with Gasteiger partial charge in [-0.15, -0.1) is 0 Å². The normalized spacial score (nSPS) is 10.2. The zero-order chi connectivity index (χ0) is 21.9. The van der Waals surface area contributed by atoms with Crippen LogP contribution in [0.4, 0.5) is 5.69 Å². The third-order valence-electron chi connectivity index (χ3n) is 4.32. The van der Waals surface area contributed by atoms with Gasteiger partial charge in [-0.1, -0.05) is 26.0 Å². The van der Waals surface area contributed by atoms with Crippen molar-refractivity contribution < 1.29 is 14.3 Å². The van der Waals surface area contributed by atoms with Crippen molar-refractivity contribution in [2.24, 2.45) is 0 Å². The molecule has 0 fully saturated rings. The lowest BCUT2D eigenvalue weighted by molar-refractivity contribution is 0.0755. The number of rotatable bonds is 9. The van der Waals surface area contributed by atoms with Crippen molar-refractivity contribution in [2.45, 2.75) is 33.6 Å². The number of carbonyl (C=O) groups excluding carboxylic acids is 2. The molecule has 0 aliphatic carbocycles. The number of nitrogens with one attached hydrogen (secondary N) is 2. The third-order valence-corrected chi connectivity index (χ3v) is 4.53. The summed E-state index contributed by atoms with van der Waals surface area (Å²) in [7, 11) is 0. The highest BCUT2D eigenvalue weighted by Crippen LogP contribution is 2.18. The van der Waals surface area contributed by atoms with Crippen LogP contribution in [0.2, 0.25) is 0 Å². The molecule has 2 rings (SSSR count). The van der Waals surface area contributed by atoms with E-state index in [4.69, 9.17) is 17.0 Å². The number of para-hydroxylation sites is 1. The van der Waals surface area contributed by atoms with Crippen molar-refractivity contribution >= 4 is 34.8 Å². The SMILES string of the molecule is CCCN(CCC)C(=O)c1ccc(NC(=S)NC(=O)c2ccccc2OCC)cc1. The van der Waals surface area contributed by atoms with Crippen molar-refractivity contribution in [3.8, 4) is 5.75 Å². The van der Waals surface area contributed by atoms with Crippen LogP contribution in [0.5, 0.6) is 5.75 Å². The fourth-order valence-electron chi connectivity index (χ4n) is 3.00. The van der Waals surface area contributed by atoms with E-state index < -0.39 is 0 Å². The first-order chi connectivity index (χ1) is 14.5. The first kappa shape index (κ1) is 23.3. The Morgan fingerprint density at radius 1 is 0.967 bits per heavy atom. The van der Waals surface area contributed by atoms with Gasteiger partial charge in [-0.2, -0.15) is 0 Å². The van der Waals surface area contributed by atoms with Crippen LogP contribution >= 0.6 is 12.2 Å². The molecule has 0 saturated heterocycles. The Morgan fingerprint density at radius 2 is 1.60 bits per heavy atom. The summed E-state index contributed by atoms with van der Waals surface area (Å²) < 4.78 is 5.49. The molecule has 2 amide bonds. The third kappa shape index (κ3) is 6.56. The highest BCUT2D eigenvalue weighted by molar-refractivity contribution is 7.80. The van der Waals surface area contributed by atoms with Gasteiger partial charge in [-0.25, -0.2) is 0 Å². The number of benzene rings is 2. The fourth-order valence-corrected chi connectivity index (χ4v) is 3.21. The van der Waals surface area contributed by atoms with Crippen LogP contribution in [0.15, 0.2) is 48.5 Å². The molecular weight excluding hydrogens is 398 g/mol. The predicted octanol–water partition coefficient (Wildman–Crippen LogP) is 4.47. The van der Waals surface area contributed by atoms with Gasteiger partial charge in [-0.05, 0) is 68.4 Å². The number of carbonyl (C=O) groups is 2. The Bertz CT molecular complexity index is 862. The number of hydrogen-bond acceptors (Lipinski definition) is 4. The van der Waals surface area contributed by atoms with Crippen molar-refractivity contribution in [3.05, 3.63) is 59.7 Å². The molecule has 0 aromatic heterocycles. The van der Waals surface area contributed by atoms with Gasteiger partial charge in [0.05, 0.1) is 12.2 Å². The quantitative estimate of drug-likeness (QED) is 0.578. The lowest BCUT2D eigenvalue weighted by Gasteiger charge is -2.21. The molecule has 30 heavy (non-hydrogen) atoms. The molecular formula is C23H29N3O3S. The second-order valence-electron chi connectivity index (χ2n) is 6.71. The molecule has 0 aliphatic heterocycles. The van der Waals surface area contributed by atoms with Gasteiger partial charge >= 0.3 is 0 Å². The van der Waals surface area contributed by atoms with E-state index in [1.807, 2.05) is 17.9 Å². The van der Waals surface area contributed by atoms with Crippen LogP contribution in [0.25, 0.3) is 0 Å². The first-order valence-corrected chi connectivity index (χ1v) is 10.6. The van der Waals surface area contributed by atoms with E-state index in [-0.39, 0.29) is 16.9 Å². The van der Waals surface area contributed by atoms with Gasteiger partial charge in [0.25, 0.3) is 11.8 Å². The Balaban J connectivity index is 1.99. The predicted molar refractivity (Wildman–Crippen MR) is 124 cm³/mol. The van der Waals surface area contributed by atoms with Crippen LogP contribution in [-0.2, 0) is 0 Å². The number of anilines is 1. The highest BCUT2D eigenvalue weighted by Gasteiger charge is 2.15. The summed E-state index contributed by atoms with van der Waals surface area (Å²) in [4.78, 5) is 27.0. The summed E-state index contributed by atoms with van der Waals surface area (Å²) in [6.07, 6.45) is 1.84. The van der Waals surface area contributed by atoms with Crippen molar-refractivity contribution in [3.63, 3.8) is 0 Å². The molecule has 0 spiro atoms. The number of nitrogens with zero attached hydrogens (tertiary/aromatic N) is 1. The molecule has 0 unspecified atom stereocenters. The minimum atomic E-state index is -0.349. The minimum Gasteiger partial charge on any atom is -0.493 e. The molecule has 7 heteroatoms. The lowest BCUT2D eigenvalue weighted by atomic mass is 10.1. The zero-order valence-corrected chi connectivity index (χ0v) is 18.6. The van der Waals surface area contributed by atoms with Gasteiger partial charge in [0.1, 0.15) is 5.75 Å². The van der Waals surface area contributed by atoms with E-state index in [1.165, 1.54) is 0 Å². The van der Waals surface area contributed by atoms with Crippen LogP contribution in [0, 0.1) is 0 Å². The van der Waals surface area contributed by atoms with Crippen molar-refractivity contribution in [1.82, 2.24) is 10.2 Å². The van der Waals surface area contributed by atoms with Gasteiger partial charge in [0.2, 0.25) is 0 Å². The van der Waals surface area contributed by atoms with E-state index in [1.54, 1.807) is 42.5 Å². The summed E-state index contributed by atoms with van der Waals surface area (Å²) in [5.74, 6) is 0.179. The molecule has 2 aromatic rings. The standard InChI is InChI=1S/C23H29N3O3S/c1-4-15-26(16-5-2)22(28)17-11-13-18(14-12-17)24-23(30)25-21(27)19-9-7-8-10-20(19)29-6-3/h7-14H,4-6,15-16H2,1-3H3,(H2,24,25,27,30). The molecule has 0 aliphatic rings. The molecule has 160 valence electrons. The summed E-state index contributed by atoms with van der Waals surface area (Å²) >= 11 is 5.26. The smallest absolute Gasteiger partial charge is 0.261 e. The Morgan fingerprint density at radius 3 is 2.20 bits per heavy atom. The summed E-state index contributed by atoms with van der Waals surface area (Å²) in [5.41, 5.74) is 1.73. The Kier molecular flexibility index (Phi) is 9.28. The maximum absolute atomic E-state index is 12.7. The Hall–Kier alpha value is -2.93. The van der Waals surface area contributed by atoms with E-state index in [2.05, 4.69) is 24.5 Å². The number of ether oxygens (including phenoxy) is 1. The number of amides is 2. The maximum Gasteiger partial charge on any atom is 0.261 e. The van der Waals surface area contributed by atoms with Crippen molar-refractivity contribution in [2.75, 3.05) is 25.0 Å². The lowest BCUT2D eigenvalue weighted by Crippen LogP contribution is -2.34. The summed E-state index contributed by atoms with van der Waals surface area (Å²) in [5, 5.41) is 5.80. The van der Waals surface area contributed by atoms with Crippen molar-refractivity contribution in [1.29, 1.82) is 0 Å². The molecule has 0 atom stereocenters. The molecule has 2 aromatic carbocycles. The second-order valence-corrected chi connectivity index (χ2v) is 7.12. The average Bonchev–Trinajstić information content (AvgIpc) is 2.74. The maximum atomic E-state index is 12.7. The van der Waals surface area contributed by atoms with Crippen LogP contribution in [-0.4, -0.2) is 41.5 Å². The molecule has 0 bridgehead atoms. The first-order valence-electron chi connectivity index (χ1n) is 10.2. The molecule has 0 heterocycles. The van der Waals surface area contributed by atoms with E-state index >= 15 is 0 Å². The highest BCUT2D eigenvalue weighted by atomic mass is 32.1. The van der Waals surface area contributed by atoms with Crippen LogP contribution in [0.3, 0.4) is 0 Å². The van der Waals surface area contributed by atoms with Crippen LogP contribution < -0.4 is 15.4 Å². The second kappa shape index (κ2) is 11.9. The number of hydrogen-bond donors (Lipinski definition) is 2. The van der Waals surface area contributed by atoms with Gasteiger partial charge in [0, 0.05) is 24.3 Å². The topological polar surface area (TPSA) is 70.7 Å². The van der Waals surface area contributed by atoms with E-state index in [0.29, 0.717) is 29.2 Å².